The first-order valence-corrected chi connectivity index (χ1v) is 11.9. The number of nitrogens with zero attached hydrogens (tertiary/aromatic N) is 3. The Balaban J connectivity index is 1.64. The van der Waals surface area contributed by atoms with Crippen molar-refractivity contribution in [1.29, 1.82) is 0 Å². The summed E-state index contributed by atoms with van der Waals surface area (Å²) in [5.74, 6) is -0.350. The van der Waals surface area contributed by atoms with E-state index in [1.807, 2.05) is 13.8 Å². The average Bonchev–Trinajstić information content (AvgIpc) is 2.84. The standard InChI is InChI=1S/C20H28ClFN4O3S/c1-13(2)11-20(3)18(27)26(19(23)24-20)12-14-6-8-25(9-7-14)30(28,29)17-5-4-15(21)10-16(17)22/h4-5,10,13-14H,6-9,11-12H2,1-3H3,(H2,23,24). The van der Waals surface area contributed by atoms with Gasteiger partial charge in [-0.15, -0.1) is 0 Å². The molecule has 30 heavy (non-hydrogen) atoms. The molecule has 0 spiro atoms. The van der Waals surface area contributed by atoms with Crippen LogP contribution in [0.25, 0.3) is 0 Å². The topological polar surface area (TPSA) is 96.1 Å². The van der Waals surface area contributed by atoms with E-state index in [4.69, 9.17) is 17.3 Å². The Morgan fingerprint density at radius 2 is 1.97 bits per heavy atom. The summed E-state index contributed by atoms with van der Waals surface area (Å²) in [5.41, 5.74) is 5.20. The Labute approximate surface area is 182 Å². The molecule has 2 aliphatic rings. The molecule has 1 atom stereocenters. The second-order valence-corrected chi connectivity index (χ2v) is 11.0. The summed E-state index contributed by atoms with van der Waals surface area (Å²) in [4.78, 5) is 18.5. The van der Waals surface area contributed by atoms with Gasteiger partial charge in [-0.3, -0.25) is 9.69 Å². The first-order chi connectivity index (χ1) is 13.9. The van der Waals surface area contributed by atoms with Gasteiger partial charge in [-0.25, -0.2) is 17.8 Å². The van der Waals surface area contributed by atoms with Crippen LogP contribution in [0.15, 0.2) is 28.1 Å². The van der Waals surface area contributed by atoms with E-state index >= 15 is 0 Å². The molecule has 1 aromatic rings. The third kappa shape index (κ3) is 4.48. The number of halogens is 2. The van der Waals surface area contributed by atoms with Crippen LogP contribution in [-0.2, 0) is 14.8 Å². The monoisotopic (exact) mass is 458 g/mol. The summed E-state index contributed by atoms with van der Waals surface area (Å²) in [6.45, 7) is 6.77. The molecular formula is C20H28ClFN4O3S. The number of hydrogen-bond donors (Lipinski definition) is 1. The Morgan fingerprint density at radius 3 is 2.53 bits per heavy atom. The molecule has 10 heteroatoms. The predicted molar refractivity (Wildman–Crippen MR) is 114 cm³/mol. The van der Waals surface area contributed by atoms with Gasteiger partial charge in [-0.1, -0.05) is 25.4 Å². The molecule has 0 aliphatic carbocycles. The van der Waals surface area contributed by atoms with Gasteiger partial charge >= 0.3 is 0 Å². The van der Waals surface area contributed by atoms with Gasteiger partial charge in [0.1, 0.15) is 16.3 Å². The minimum atomic E-state index is -3.94. The number of nitrogens with two attached hydrogens (primary N) is 1. The molecule has 2 N–H and O–H groups in total. The molecule has 1 saturated heterocycles. The van der Waals surface area contributed by atoms with Gasteiger partial charge in [0.25, 0.3) is 5.91 Å². The van der Waals surface area contributed by atoms with Crippen LogP contribution >= 0.6 is 11.6 Å². The molecule has 1 fully saturated rings. The molecule has 2 aliphatic heterocycles. The van der Waals surface area contributed by atoms with Crippen LogP contribution in [0.2, 0.25) is 5.02 Å². The summed E-state index contributed by atoms with van der Waals surface area (Å²) < 4.78 is 41.0. The maximum absolute atomic E-state index is 14.1. The van der Waals surface area contributed by atoms with E-state index < -0.39 is 21.4 Å². The van der Waals surface area contributed by atoms with Gasteiger partial charge in [-0.2, -0.15) is 4.31 Å². The number of hydrogen-bond acceptors (Lipinski definition) is 5. The molecular weight excluding hydrogens is 431 g/mol. The molecule has 1 amide bonds. The Kier molecular flexibility index (Phi) is 6.46. The van der Waals surface area contributed by atoms with Crippen molar-refractivity contribution in [3.8, 4) is 0 Å². The molecule has 2 heterocycles. The van der Waals surface area contributed by atoms with Gasteiger partial charge in [0.05, 0.1) is 0 Å². The van der Waals surface area contributed by atoms with Gasteiger partial charge < -0.3 is 5.73 Å². The van der Waals surface area contributed by atoms with Crippen molar-refractivity contribution in [1.82, 2.24) is 9.21 Å². The van der Waals surface area contributed by atoms with E-state index in [2.05, 4.69) is 4.99 Å². The zero-order valence-electron chi connectivity index (χ0n) is 17.4. The van der Waals surface area contributed by atoms with Crippen molar-refractivity contribution < 1.29 is 17.6 Å². The zero-order chi connectivity index (χ0) is 22.3. The lowest BCUT2D eigenvalue weighted by Crippen LogP contribution is -2.47. The van der Waals surface area contributed by atoms with E-state index in [1.54, 1.807) is 6.92 Å². The maximum atomic E-state index is 14.1. The van der Waals surface area contributed by atoms with Gasteiger partial charge in [0, 0.05) is 24.7 Å². The van der Waals surface area contributed by atoms with E-state index in [-0.39, 0.29) is 40.8 Å². The van der Waals surface area contributed by atoms with Crippen molar-refractivity contribution in [2.24, 2.45) is 22.6 Å². The Bertz CT molecular complexity index is 961. The first-order valence-electron chi connectivity index (χ1n) is 10.1. The van der Waals surface area contributed by atoms with Crippen molar-refractivity contribution in [3.63, 3.8) is 0 Å². The molecule has 0 saturated carbocycles. The fourth-order valence-electron chi connectivity index (χ4n) is 4.27. The first kappa shape index (κ1) is 23.0. The number of carbonyl (C=O) groups is 1. The van der Waals surface area contributed by atoms with E-state index in [0.717, 1.165) is 6.07 Å². The maximum Gasteiger partial charge on any atom is 0.257 e. The molecule has 0 bridgehead atoms. The average molecular weight is 459 g/mol. The molecule has 166 valence electrons. The minimum Gasteiger partial charge on any atom is -0.369 e. The van der Waals surface area contributed by atoms with Gasteiger partial charge in [0.15, 0.2) is 5.96 Å². The Hall–Kier alpha value is -1.71. The number of amides is 1. The fraction of sp³-hybridized carbons (Fsp3) is 0.600. The summed E-state index contributed by atoms with van der Waals surface area (Å²) in [7, 11) is -3.94. The molecule has 3 rings (SSSR count). The van der Waals surface area contributed by atoms with Crippen LogP contribution in [0.1, 0.15) is 40.0 Å². The number of aliphatic imine (C=N–C) groups is 1. The number of guanidine groups is 1. The highest BCUT2D eigenvalue weighted by atomic mass is 35.5. The lowest BCUT2D eigenvalue weighted by Gasteiger charge is -2.33. The van der Waals surface area contributed by atoms with Crippen molar-refractivity contribution >= 4 is 33.5 Å². The molecule has 7 nitrogen and oxygen atoms in total. The quantitative estimate of drug-likeness (QED) is 0.708. The van der Waals surface area contributed by atoms with Crippen LogP contribution in [-0.4, -0.2) is 54.7 Å². The number of piperidine rings is 1. The molecule has 0 aromatic heterocycles. The third-order valence-electron chi connectivity index (χ3n) is 5.68. The summed E-state index contributed by atoms with van der Waals surface area (Å²) in [5, 5.41) is 0.143. The molecule has 0 radical (unpaired) electrons. The van der Waals surface area contributed by atoms with Crippen LogP contribution in [0.4, 0.5) is 4.39 Å². The normalized spacial score (nSPS) is 24.0. The SMILES string of the molecule is CC(C)CC1(C)N=C(N)N(CC2CCN(S(=O)(=O)c3ccc(Cl)cc3F)CC2)C1=O. The number of carbonyl (C=O) groups excluding carboxylic acids is 1. The van der Waals surface area contributed by atoms with Gasteiger partial charge in [-0.05, 0) is 56.2 Å². The summed E-state index contributed by atoms with van der Waals surface area (Å²) in [6, 6.07) is 3.55. The van der Waals surface area contributed by atoms with E-state index in [1.165, 1.54) is 21.3 Å². The predicted octanol–water partition coefficient (Wildman–Crippen LogP) is 2.84. The van der Waals surface area contributed by atoms with Crippen LogP contribution < -0.4 is 5.73 Å². The molecule has 1 unspecified atom stereocenters. The lowest BCUT2D eigenvalue weighted by molar-refractivity contribution is -0.131. The number of rotatable bonds is 6. The van der Waals surface area contributed by atoms with Crippen LogP contribution in [0.5, 0.6) is 0 Å². The fourth-order valence-corrected chi connectivity index (χ4v) is 5.95. The summed E-state index contributed by atoms with van der Waals surface area (Å²) >= 11 is 5.72. The smallest absolute Gasteiger partial charge is 0.257 e. The highest BCUT2D eigenvalue weighted by Crippen LogP contribution is 2.31. The number of benzene rings is 1. The summed E-state index contributed by atoms with van der Waals surface area (Å²) in [6.07, 6.45) is 1.71. The minimum absolute atomic E-state index is 0.0885. The number of sulfonamides is 1. The zero-order valence-corrected chi connectivity index (χ0v) is 19.0. The second kappa shape index (κ2) is 8.43. The highest BCUT2D eigenvalue weighted by molar-refractivity contribution is 7.89. The van der Waals surface area contributed by atoms with Crippen molar-refractivity contribution in [2.75, 3.05) is 19.6 Å². The Morgan fingerprint density at radius 1 is 1.33 bits per heavy atom. The van der Waals surface area contributed by atoms with Gasteiger partial charge in [0.2, 0.25) is 10.0 Å². The molecule has 1 aromatic carbocycles. The largest absolute Gasteiger partial charge is 0.369 e. The van der Waals surface area contributed by atoms with Crippen molar-refractivity contribution in [2.45, 2.75) is 50.5 Å². The van der Waals surface area contributed by atoms with E-state index in [0.29, 0.717) is 31.7 Å². The van der Waals surface area contributed by atoms with E-state index in [9.17, 15) is 17.6 Å². The lowest BCUT2D eigenvalue weighted by atomic mass is 9.90. The van der Waals surface area contributed by atoms with Crippen LogP contribution in [0.3, 0.4) is 0 Å². The second-order valence-electron chi connectivity index (χ2n) is 8.68. The highest BCUT2D eigenvalue weighted by Gasteiger charge is 2.45. The third-order valence-corrected chi connectivity index (χ3v) is 7.84. The van der Waals surface area contributed by atoms with Crippen molar-refractivity contribution in [3.05, 3.63) is 29.0 Å². The van der Waals surface area contributed by atoms with Crippen LogP contribution in [0, 0.1) is 17.7 Å².